The van der Waals surface area contributed by atoms with Gasteiger partial charge in [-0.05, 0) is 37.4 Å². The number of hydrogen-bond acceptors (Lipinski definition) is 6. The topological polar surface area (TPSA) is 45.7 Å². The summed E-state index contributed by atoms with van der Waals surface area (Å²) in [4.78, 5) is 23.8. The molecular formula is C21H23N3O2S2. The van der Waals surface area contributed by atoms with Crippen molar-refractivity contribution in [3.8, 4) is 15.6 Å². The zero-order chi connectivity index (χ0) is 19.5. The van der Waals surface area contributed by atoms with Crippen molar-refractivity contribution in [2.75, 3.05) is 37.7 Å². The Kier molecular flexibility index (Phi) is 5.64. The Hall–Kier alpha value is -2.38. The molecule has 3 aromatic rings. The van der Waals surface area contributed by atoms with Gasteiger partial charge in [0.15, 0.2) is 0 Å². The van der Waals surface area contributed by atoms with E-state index >= 15 is 0 Å². The van der Waals surface area contributed by atoms with Crippen LogP contribution in [0.5, 0.6) is 5.75 Å². The minimum atomic E-state index is 0.0931. The van der Waals surface area contributed by atoms with Gasteiger partial charge < -0.3 is 14.5 Å². The summed E-state index contributed by atoms with van der Waals surface area (Å²) in [7, 11) is 0. The minimum Gasteiger partial charge on any atom is -0.492 e. The highest BCUT2D eigenvalue weighted by Crippen LogP contribution is 2.33. The van der Waals surface area contributed by atoms with E-state index in [1.165, 1.54) is 11.3 Å². The molecule has 0 atom stereocenters. The van der Waals surface area contributed by atoms with Gasteiger partial charge in [-0.25, -0.2) is 4.98 Å². The number of aryl methyl sites for hydroxylation is 1. The summed E-state index contributed by atoms with van der Waals surface area (Å²) in [5.41, 5.74) is 1.92. The van der Waals surface area contributed by atoms with E-state index in [1.54, 1.807) is 11.3 Å². The third-order valence-corrected chi connectivity index (χ3v) is 6.98. The predicted octanol–water partition coefficient (Wildman–Crippen LogP) is 4.54. The molecule has 0 bridgehead atoms. The Balaban J connectivity index is 1.45. The highest BCUT2D eigenvalue weighted by molar-refractivity contribution is 7.22. The molecule has 1 amide bonds. The number of rotatable bonds is 5. The van der Waals surface area contributed by atoms with Crippen molar-refractivity contribution in [2.24, 2.45) is 0 Å². The number of nitrogens with zero attached hydrogens (tertiary/aromatic N) is 3. The predicted molar refractivity (Wildman–Crippen MR) is 116 cm³/mol. The molecule has 0 radical (unpaired) electrons. The molecule has 1 aliphatic rings. The monoisotopic (exact) mass is 413 g/mol. The Morgan fingerprint density at radius 3 is 2.64 bits per heavy atom. The first-order valence-electron chi connectivity index (χ1n) is 9.44. The Bertz CT molecular complexity index is 944. The first-order valence-corrected chi connectivity index (χ1v) is 11.1. The molecule has 3 heterocycles. The number of amides is 1. The third kappa shape index (κ3) is 3.77. The molecule has 2 aromatic heterocycles. The van der Waals surface area contributed by atoms with Crippen molar-refractivity contribution in [1.82, 2.24) is 9.88 Å². The van der Waals surface area contributed by atoms with Gasteiger partial charge in [0.25, 0.3) is 5.91 Å². The zero-order valence-electron chi connectivity index (χ0n) is 16.1. The Morgan fingerprint density at radius 1 is 1.14 bits per heavy atom. The quantitative estimate of drug-likeness (QED) is 0.616. The van der Waals surface area contributed by atoms with Crippen molar-refractivity contribution in [2.45, 2.75) is 13.8 Å². The van der Waals surface area contributed by atoms with Gasteiger partial charge in [0.1, 0.15) is 15.6 Å². The van der Waals surface area contributed by atoms with Gasteiger partial charge in [-0.3, -0.25) is 4.79 Å². The number of carbonyl (C=O) groups excluding carboxylic acids is 1. The second kappa shape index (κ2) is 8.32. The van der Waals surface area contributed by atoms with E-state index in [9.17, 15) is 4.79 Å². The van der Waals surface area contributed by atoms with Crippen LogP contribution in [0.15, 0.2) is 41.8 Å². The van der Waals surface area contributed by atoms with E-state index in [1.807, 2.05) is 54.5 Å². The number of ether oxygens (including phenoxy) is 1. The maximum absolute atomic E-state index is 13.1. The largest absolute Gasteiger partial charge is 0.492 e. The van der Waals surface area contributed by atoms with Crippen LogP contribution in [-0.4, -0.2) is 48.6 Å². The number of para-hydroxylation sites is 2. The lowest BCUT2D eigenvalue weighted by molar-refractivity contribution is 0.0750. The van der Waals surface area contributed by atoms with Crippen LogP contribution in [0, 0.1) is 6.92 Å². The summed E-state index contributed by atoms with van der Waals surface area (Å²) >= 11 is 3.15. The smallest absolute Gasteiger partial charge is 0.265 e. The maximum atomic E-state index is 13.1. The van der Waals surface area contributed by atoms with Crippen LogP contribution in [0.2, 0.25) is 0 Å². The maximum Gasteiger partial charge on any atom is 0.265 e. The molecule has 0 unspecified atom stereocenters. The van der Waals surface area contributed by atoms with Crippen LogP contribution in [0.4, 0.5) is 5.69 Å². The molecule has 5 nitrogen and oxygen atoms in total. The minimum absolute atomic E-state index is 0.0931. The molecule has 7 heteroatoms. The summed E-state index contributed by atoms with van der Waals surface area (Å²) in [5.74, 6) is 0.999. The number of piperazine rings is 1. The van der Waals surface area contributed by atoms with E-state index in [4.69, 9.17) is 4.74 Å². The summed E-state index contributed by atoms with van der Waals surface area (Å²) in [6.07, 6.45) is 0. The standard InChI is InChI=1S/C21H23N3O2S2/c1-3-26-17-8-5-4-7-16(17)23-10-12-24(13-11-23)21(25)19-15(2)22-20(28-19)18-9-6-14-27-18/h4-9,14H,3,10-13H2,1-2H3. The zero-order valence-corrected chi connectivity index (χ0v) is 17.7. The van der Waals surface area contributed by atoms with Gasteiger partial charge in [-0.15, -0.1) is 22.7 Å². The molecule has 1 fully saturated rings. The van der Waals surface area contributed by atoms with E-state index in [0.29, 0.717) is 19.7 Å². The second-order valence-electron chi connectivity index (χ2n) is 6.59. The van der Waals surface area contributed by atoms with Crippen molar-refractivity contribution in [3.63, 3.8) is 0 Å². The van der Waals surface area contributed by atoms with E-state index in [0.717, 1.165) is 45.0 Å². The van der Waals surface area contributed by atoms with E-state index in [-0.39, 0.29) is 5.91 Å². The van der Waals surface area contributed by atoms with Gasteiger partial charge in [-0.2, -0.15) is 0 Å². The molecular weight excluding hydrogens is 390 g/mol. The lowest BCUT2D eigenvalue weighted by Gasteiger charge is -2.36. The first kappa shape index (κ1) is 19.0. The molecule has 4 rings (SSSR count). The molecule has 1 aliphatic heterocycles. The SMILES string of the molecule is CCOc1ccccc1N1CCN(C(=O)c2sc(-c3cccs3)nc2C)CC1. The highest BCUT2D eigenvalue weighted by Gasteiger charge is 2.26. The summed E-state index contributed by atoms with van der Waals surface area (Å²) in [6.45, 7) is 7.56. The lowest BCUT2D eigenvalue weighted by Crippen LogP contribution is -2.48. The Morgan fingerprint density at radius 2 is 1.93 bits per heavy atom. The van der Waals surface area contributed by atoms with Crippen molar-refractivity contribution in [3.05, 3.63) is 52.3 Å². The van der Waals surface area contributed by atoms with Crippen LogP contribution in [0.1, 0.15) is 22.3 Å². The first-order chi connectivity index (χ1) is 13.7. The number of carbonyl (C=O) groups is 1. The summed E-state index contributed by atoms with van der Waals surface area (Å²) in [6, 6.07) is 12.2. The molecule has 146 valence electrons. The number of aromatic nitrogens is 1. The normalized spacial score (nSPS) is 14.4. The van der Waals surface area contributed by atoms with Crippen molar-refractivity contribution >= 4 is 34.3 Å². The molecule has 0 N–H and O–H groups in total. The second-order valence-corrected chi connectivity index (χ2v) is 8.54. The van der Waals surface area contributed by atoms with Gasteiger partial charge >= 0.3 is 0 Å². The lowest BCUT2D eigenvalue weighted by atomic mass is 10.2. The van der Waals surface area contributed by atoms with Crippen LogP contribution in [-0.2, 0) is 0 Å². The number of thiophene rings is 1. The summed E-state index contributed by atoms with van der Waals surface area (Å²) < 4.78 is 5.76. The fourth-order valence-electron chi connectivity index (χ4n) is 3.39. The summed E-state index contributed by atoms with van der Waals surface area (Å²) in [5, 5.41) is 2.97. The van der Waals surface area contributed by atoms with Gasteiger partial charge in [0.2, 0.25) is 0 Å². The third-order valence-electron chi connectivity index (χ3n) is 4.80. The molecule has 0 spiro atoms. The van der Waals surface area contributed by atoms with Gasteiger partial charge in [0.05, 0.1) is 22.9 Å². The van der Waals surface area contributed by atoms with Gasteiger partial charge in [-0.1, -0.05) is 18.2 Å². The van der Waals surface area contributed by atoms with Crippen molar-refractivity contribution < 1.29 is 9.53 Å². The van der Waals surface area contributed by atoms with Crippen LogP contribution in [0.25, 0.3) is 9.88 Å². The molecule has 0 saturated carbocycles. The van der Waals surface area contributed by atoms with Crippen LogP contribution >= 0.6 is 22.7 Å². The fraction of sp³-hybridized carbons (Fsp3) is 0.333. The highest BCUT2D eigenvalue weighted by atomic mass is 32.1. The number of thiazole rings is 1. The van der Waals surface area contributed by atoms with Gasteiger partial charge in [0, 0.05) is 26.2 Å². The van der Waals surface area contributed by atoms with Crippen LogP contribution < -0.4 is 9.64 Å². The average Bonchev–Trinajstić information content (AvgIpc) is 3.38. The fourth-order valence-corrected chi connectivity index (χ4v) is 5.22. The van der Waals surface area contributed by atoms with Crippen molar-refractivity contribution in [1.29, 1.82) is 0 Å². The van der Waals surface area contributed by atoms with Crippen LogP contribution in [0.3, 0.4) is 0 Å². The molecule has 1 saturated heterocycles. The Labute approximate surface area is 173 Å². The molecule has 0 aliphatic carbocycles. The van der Waals surface area contributed by atoms with E-state index in [2.05, 4.69) is 16.0 Å². The number of benzene rings is 1. The average molecular weight is 414 g/mol. The molecule has 28 heavy (non-hydrogen) atoms. The number of anilines is 1. The molecule has 1 aromatic carbocycles. The van der Waals surface area contributed by atoms with E-state index < -0.39 is 0 Å². The number of hydrogen-bond donors (Lipinski definition) is 0.